The summed E-state index contributed by atoms with van der Waals surface area (Å²) in [6, 6.07) is 1.87. The molecule has 3 N–H and O–H groups in total. The van der Waals surface area contributed by atoms with Crippen LogP contribution in [-0.2, 0) is 4.74 Å². The van der Waals surface area contributed by atoms with Crippen LogP contribution in [0.25, 0.3) is 0 Å². The highest BCUT2D eigenvalue weighted by Gasteiger charge is 2.56. The molecule has 1 amide bonds. The van der Waals surface area contributed by atoms with Crippen molar-refractivity contribution in [3.05, 3.63) is 29.6 Å². The van der Waals surface area contributed by atoms with Crippen LogP contribution >= 0.6 is 0 Å². The summed E-state index contributed by atoms with van der Waals surface area (Å²) in [6.07, 6.45) is 5.32. The van der Waals surface area contributed by atoms with Gasteiger partial charge in [0.1, 0.15) is 0 Å². The number of ether oxygens (including phenoxy) is 1. The summed E-state index contributed by atoms with van der Waals surface area (Å²) < 4.78 is 5.79. The predicted molar refractivity (Wildman–Crippen MR) is 86.0 cm³/mol. The first-order valence-electron chi connectivity index (χ1n) is 8.27. The highest BCUT2D eigenvalue weighted by molar-refractivity contribution is 5.94. The Morgan fingerprint density at radius 1 is 1.48 bits per heavy atom. The molecule has 0 aromatic carbocycles. The van der Waals surface area contributed by atoms with E-state index in [-0.39, 0.29) is 23.5 Å². The Hall–Kier alpha value is -1.50. The molecule has 1 aliphatic carbocycles. The topological polar surface area (TPSA) is 88.7 Å². The standard InChI is InChI=1S/C17H25N3O3/c1-12-8-13(11-19-10-12)16(22)20-5-2-17(3-6-20)14(21)9-15(17)23-7-4-18/h8,10-11,14-15,21H,2-7,9,18H2,1H3/t14-,15+/m0/s1. The maximum absolute atomic E-state index is 12.6. The zero-order valence-electron chi connectivity index (χ0n) is 13.6. The first-order valence-corrected chi connectivity index (χ1v) is 8.27. The van der Waals surface area contributed by atoms with Crippen molar-refractivity contribution in [2.75, 3.05) is 26.2 Å². The smallest absolute Gasteiger partial charge is 0.255 e. The van der Waals surface area contributed by atoms with Gasteiger partial charge in [0.15, 0.2) is 0 Å². The second-order valence-electron chi connectivity index (χ2n) is 6.68. The Labute approximate surface area is 136 Å². The highest BCUT2D eigenvalue weighted by atomic mass is 16.5. The number of nitrogens with zero attached hydrogens (tertiary/aromatic N) is 2. The number of rotatable bonds is 4. The Kier molecular flexibility index (Phi) is 4.66. The van der Waals surface area contributed by atoms with Crippen molar-refractivity contribution in [1.82, 2.24) is 9.88 Å². The summed E-state index contributed by atoms with van der Waals surface area (Å²) in [5, 5.41) is 10.2. The molecular weight excluding hydrogens is 294 g/mol. The van der Waals surface area contributed by atoms with E-state index in [0.29, 0.717) is 38.2 Å². The van der Waals surface area contributed by atoms with E-state index in [4.69, 9.17) is 10.5 Å². The first kappa shape index (κ1) is 16.4. The van der Waals surface area contributed by atoms with Crippen LogP contribution in [0.3, 0.4) is 0 Å². The van der Waals surface area contributed by atoms with Crippen molar-refractivity contribution in [2.45, 2.75) is 38.4 Å². The van der Waals surface area contributed by atoms with E-state index in [1.807, 2.05) is 17.9 Å². The number of hydrogen-bond donors (Lipinski definition) is 2. The molecule has 2 heterocycles. The SMILES string of the molecule is Cc1cncc(C(=O)N2CCC3(CC2)[C@@H](O)C[C@H]3OCCN)c1. The van der Waals surface area contributed by atoms with Gasteiger partial charge < -0.3 is 20.5 Å². The van der Waals surface area contributed by atoms with Crippen molar-refractivity contribution < 1.29 is 14.6 Å². The molecule has 1 aromatic rings. The molecule has 6 nitrogen and oxygen atoms in total. The molecule has 1 spiro atoms. The van der Waals surface area contributed by atoms with E-state index in [0.717, 1.165) is 18.4 Å². The zero-order chi connectivity index (χ0) is 16.4. The lowest BCUT2D eigenvalue weighted by atomic mass is 9.58. The van der Waals surface area contributed by atoms with Gasteiger partial charge in [0.25, 0.3) is 5.91 Å². The fraction of sp³-hybridized carbons (Fsp3) is 0.647. The van der Waals surface area contributed by atoms with Gasteiger partial charge in [-0.2, -0.15) is 0 Å². The minimum Gasteiger partial charge on any atom is -0.392 e. The third kappa shape index (κ3) is 2.98. The van der Waals surface area contributed by atoms with Gasteiger partial charge in [0, 0.05) is 43.9 Å². The molecule has 0 radical (unpaired) electrons. The Balaban J connectivity index is 1.63. The van der Waals surface area contributed by atoms with Gasteiger partial charge in [-0.25, -0.2) is 0 Å². The van der Waals surface area contributed by atoms with Crippen LogP contribution in [0.2, 0.25) is 0 Å². The third-order valence-corrected chi connectivity index (χ3v) is 5.28. The minimum absolute atomic E-state index is 0.0179. The lowest BCUT2D eigenvalue weighted by Gasteiger charge is -2.56. The maximum Gasteiger partial charge on any atom is 0.255 e. The fourth-order valence-electron chi connectivity index (χ4n) is 3.81. The summed E-state index contributed by atoms with van der Waals surface area (Å²) in [4.78, 5) is 18.5. The molecule has 0 unspecified atom stereocenters. The van der Waals surface area contributed by atoms with E-state index in [1.165, 1.54) is 0 Å². The van der Waals surface area contributed by atoms with E-state index < -0.39 is 0 Å². The number of pyridine rings is 1. The number of aliphatic hydroxyl groups excluding tert-OH is 1. The second-order valence-corrected chi connectivity index (χ2v) is 6.68. The number of aryl methyl sites for hydroxylation is 1. The van der Waals surface area contributed by atoms with Crippen molar-refractivity contribution >= 4 is 5.91 Å². The van der Waals surface area contributed by atoms with Gasteiger partial charge >= 0.3 is 0 Å². The molecule has 2 aliphatic rings. The number of likely N-dealkylation sites (tertiary alicyclic amines) is 1. The average Bonchev–Trinajstić information content (AvgIpc) is 2.58. The Bertz CT molecular complexity index is 570. The summed E-state index contributed by atoms with van der Waals surface area (Å²) in [5.74, 6) is 0.0179. The molecule has 1 saturated heterocycles. The van der Waals surface area contributed by atoms with Crippen LogP contribution in [0.1, 0.15) is 35.2 Å². The monoisotopic (exact) mass is 319 g/mol. The number of aromatic nitrogens is 1. The van der Waals surface area contributed by atoms with Gasteiger partial charge in [0.2, 0.25) is 0 Å². The van der Waals surface area contributed by atoms with Crippen LogP contribution in [0.4, 0.5) is 0 Å². The second kappa shape index (κ2) is 6.55. The van der Waals surface area contributed by atoms with Crippen molar-refractivity contribution in [1.29, 1.82) is 0 Å². The largest absolute Gasteiger partial charge is 0.392 e. The van der Waals surface area contributed by atoms with E-state index >= 15 is 0 Å². The molecule has 2 fully saturated rings. The molecule has 2 atom stereocenters. The molecule has 126 valence electrons. The molecular formula is C17H25N3O3. The maximum atomic E-state index is 12.6. The normalized spacial score (nSPS) is 26.1. The lowest BCUT2D eigenvalue weighted by molar-refractivity contribution is -0.207. The van der Waals surface area contributed by atoms with Gasteiger partial charge in [0.05, 0.1) is 24.4 Å². The van der Waals surface area contributed by atoms with E-state index in [1.54, 1.807) is 12.4 Å². The van der Waals surface area contributed by atoms with Gasteiger partial charge in [-0.1, -0.05) is 0 Å². The number of hydrogen-bond acceptors (Lipinski definition) is 5. The van der Waals surface area contributed by atoms with Crippen LogP contribution in [0, 0.1) is 12.3 Å². The molecule has 6 heteroatoms. The lowest BCUT2D eigenvalue weighted by Crippen LogP contribution is -2.62. The van der Waals surface area contributed by atoms with Crippen molar-refractivity contribution in [2.24, 2.45) is 11.1 Å². The van der Waals surface area contributed by atoms with Crippen LogP contribution < -0.4 is 5.73 Å². The molecule has 1 aromatic heterocycles. The van der Waals surface area contributed by atoms with Crippen LogP contribution in [0.5, 0.6) is 0 Å². The Morgan fingerprint density at radius 3 is 2.83 bits per heavy atom. The van der Waals surface area contributed by atoms with E-state index in [2.05, 4.69) is 4.98 Å². The molecule has 1 aliphatic heterocycles. The summed E-state index contributed by atoms with van der Waals surface area (Å²) in [5.41, 5.74) is 6.91. The van der Waals surface area contributed by atoms with Gasteiger partial charge in [-0.15, -0.1) is 0 Å². The highest BCUT2D eigenvalue weighted by Crippen LogP contribution is 2.51. The number of carbonyl (C=O) groups is 1. The van der Waals surface area contributed by atoms with Crippen LogP contribution in [0.15, 0.2) is 18.5 Å². The summed E-state index contributed by atoms with van der Waals surface area (Å²) in [6.45, 7) is 4.24. The summed E-state index contributed by atoms with van der Waals surface area (Å²) >= 11 is 0. The fourth-order valence-corrected chi connectivity index (χ4v) is 3.81. The minimum atomic E-state index is -0.330. The van der Waals surface area contributed by atoms with Crippen molar-refractivity contribution in [3.63, 3.8) is 0 Å². The quantitative estimate of drug-likeness (QED) is 0.854. The third-order valence-electron chi connectivity index (χ3n) is 5.28. The number of amides is 1. The number of nitrogens with two attached hydrogens (primary N) is 1. The van der Waals surface area contributed by atoms with E-state index in [9.17, 15) is 9.90 Å². The number of carbonyl (C=O) groups excluding carboxylic acids is 1. The molecule has 3 rings (SSSR count). The predicted octanol–water partition coefficient (Wildman–Crippen LogP) is 0.721. The first-order chi connectivity index (χ1) is 11.1. The van der Waals surface area contributed by atoms with Gasteiger partial charge in [-0.3, -0.25) is 9.78 Å². The molecule has 1 saturated carbocycles. The van der Waals surface area contributed by atoms with Crippen molar-refractivity contribution in [3.8, 4) is 0 Å². The Morgan fingerprint density at radius 2 is 2.22 bits per heavy atom. The summed E-state index contributed by atoms with van der Waals surface area (Å²) in [7, 11) is 0. The number of piperidine rings is 1. The average molecular weight is 319 g/mol. The van der Waals surface area contributed by atoms with Gasteiger partial charge in [-0.05, 0) is 31.4 Å². The number of aliphatic hydroxyl groups is 1. The van der Waals surface area contributed by atoms with Crippen LogP contribution in [-0.4, -0.2) is 59.3 Å². The zero-order valence-corrected chi connectivity index (χ0v) is 13.6. The molecule has 23 heavy (non-hydrogen) atoms. The molecule has 0 bridgehead atoms.